The Labute approximate surface area is 115 Å². The number of halogens is 3. The smallest absolute Gasteiger partial charge is 0.261 e. The van der Waals surface area contributed by atoms with Gasteiger partial charge in [0, 0.05) is 18.8 Å². The Balaban J connectivity index is 2.12. The first-order chi connectivity index (χ1) is 9.22. The van der Waals surface area contributed by atoms with E-state index in [1.165, 1.54) is 0 Å². The molecule has 0 radical (unpaired) electrons. The van der Waals surface area contributed by atoms with Crippen molar-refractivity contribution in [2.24, 2.45) is 0 Å². The minimum absolute atomic E-state index is 0.236. The van der Waals surface area contributed by atoms with E-state index in [2.05, 4.69) is 4.98 Å². The van der Waals surface area contributed by atoms with Crippen LogP contribution in [0.4, 0.5) is 8.78 Å². The topological polar surface area (TPSA) is 27.1 Å². The second-order valence-electron chi connectivity index (χ2n) is 4.07. The van der Waals surface area contributed by atoms with E-state index < -0.39 is 13.0 Å². The molecule has 0 fully saturated rings. The molecule has 0 unspecified atom stereocenters. The molecule has 0 aliphatic rings. The summed E-state index contributed by atoms with van der Waals surface area (Å²) in [6.07, 6.45) is -1.78. The average molecular weight is 289 g/mol. The van der Waals surface area contributed by atoms with Crippen molar-refractivity contribution in [3.05, 3.63) is 30.1 Å². The molecule has 0 amide bonds. The molecule has 0 aliphatic heterocycles. The molecule has 1 aromatic carbocycles. The minimum atomic E-state index is -2.43. The first-order valence-corrected chi connectivity index (χ1v) is 6.62. The first kappa shape index (κ1) is 14.2. The van der Waals surface area contributed by atoms with Crippen molar-refractivity contribution >= 4 is 22.6 Å². The number of aromatic nitrogens is 2. The summed E-state index contributed by atoms with van der Waals surface area (Å²) in [5, 5.41) is 0. The van der Waals surface area contributed by atoms with Gasteiger partial charge in [0.2, 0.25) is 0 Å². The van der Waals surface area contributed by atoms with Gasteiger partial charge in [0.25, 0.3) is 6.43 Å². The Kier molecular flexibility index (Phi) is 5.10. The molecule has 0 atom stereocenters. The largest absolute Gasteiger partial charge is 0.374 e. The van der Waals surface area contributed by atoms with Crippen LogP contribution in [0.2, 0.25) is 0 Å². The summed E-state index contributed by atoms with van der Waals surface area (Å²) < 4.78 is 30.9. The lowest BCUT2D eigenvalue weighted by molar-refractivity contribution is 0.0148. The molecule has 1 heterocycles. The van der Waals surface area contributed by atoms with E-state index in [4.69, 9.17) is 16.3 Å². The number of para-hydroxylation sites is 2. The van der Waals surface area contributed by atoms with Crippen LogP contribution < -0.4 is 0 Å². The van der Waals surface area contributed by atoms with E-state index in [1.54, 1.807) is 0 Å². The van der Waals surface area contributed by atoms with E-state index in [1.807, 2.05) is 28.8 Å². The number of alkyl halides is 3. The molecule has 1 aromatic heterocycles. The predicted molar refractivity (Wildman–Crippen MR) is 71.0 cm³/mol. The van der Waals surface area contributed by atoms with Crippen molar-refractivity contribution in [1.82, 2.24) is 9.55 Å². The van der Waals surface area contributed by atoms with Crippen molar-refractivity contribution in [3.8, 4) is 0 Å². The lowest BCUT2D eigenvalue weighted by Crippen LogP contribution is -2.13. The van der Waals surface area contributed by atoms with Crippen molar-refractivity contribution in [2.45, 2.75) is 19.4 Å². The van der Waals surface area contributed by atoms with Crippen LogP contribution >= 0.6 is 11.6 Å². The Bertz CT molecular complexity index is 530. The van der Waals surface area contributed by atoms with Crippen LogP contribution in [-0.2, 0) is 17.7 Å². The summed E-state index contributed by atoms with van der Waals surface area (Å²) in [5.41, 5.74) is 1.86. The molecule has 0 bridgehead atoms. The van der Waals surface area contributed by atoms with Crippen LogP contribution in [0.1, 0.15) is 5.82 Å². The lowest BCUT2D eigenvalue weighted by Gasteiger charge is -2.09. The van der Waals surface area contributed by atoms with E-state index >= 15 is 0 Å². The van der Waals surface area contributed by atoms with Crippen LogP contribution in [0, 0.1) is 0 Å². The zero-order chi connectivity index (χ0) is 13.7. The van der Waals surface area contributed by atoms with Gasteiger partial charge in [-0.2, -0.15) is 0 Å². The fourth-order valence-electron chi connectivity index (χ4n) is 1.98. The van der Waals surface area contributed by atoms with E-state index in [9.17, 15) is 8.78 Å². The number of hydrogen-bond donors (Lipinski definition) is 0. The Morgan fingerprint density at radius 2 is 2.11 bits per heavy atom. The third-order valence-electron chi connectivity index (χ3n) is 2.75. The van der Waals surface area contributed by atoms with Crippen LogP contribution in [0.5, 0.6) is 0 Å². The third kappa shape index (κ3) is 3.64. The Morgan fingerprint density at radius 3 is 2.84 bits per heavy atom. The van der Waals surface area contributed by atoms with Crippen molar-refractivity contribution < 1.29 is 13.5 Å². The maximum absolute atomic E-state index is 12.0. The zero-order valence-corrected chi connectivity index (χ0v) is 11.1. The number of hydrogen-bond acceptors (Lipinski definition) is 2. The maximum Gasteiger partial charge on any atom is 0.261 e. The van der Waals surface area contributed by atoms with Crippen LogP contribution in [0.3, 0.4) is 0 Å². The molecule has 19 heavy (non-hydrogen) atoms. The molecular formula is C13H15ClF2N2O. The van der Waals surface area contributed by atoms with Gasteiger partial charge in [-0.05, 0) is 12.1 Å². The summed E-state index contributed by atoms with van der Waals surface area (Å²) in [6.45, 7) is 0.205. The highest BCUT2D eigenvalue weighted by atomic mass is 35.5. The summed E-state index contributed by atoms with van der Waals surface area (Å²) >= 11 is 5.75. The van der Waals surface area contributed by atoms with Crippen molar-refractivity contribution in [1.29, 1.82) is 0 Å². The lowest BCUT2D eigenvalue weighted by atomic mass is 10.3. The normalized spacial score (nSPS) is 11.6. The number of imidazole rings is 1. The molecule has 0 saturated heterocycles. The highest BCUT2D eigenvalue weighted by molar-refractivity contribution is 6.17. The number of ether oxygens (including phenoxy) is 1. The van der Waals surface area contributed by atoms with Gasteiger partial charge >= 0.3 is 0 Å². The number of benzene rings is 1. The van der Waals surface area contributed by atoms with Crippen molar-refractivity contribution in [2.75, 3.05) is 19.1 Å². The molecule has 0 saturated carbocycles. The molecule has 0 N–H and O–H groups in total. The molecule has 6 heteroatoms. The minimum Gasteiger partial charge on any atom is -0.374 e. The van der Waals surface area contributed by atoms with Gasteiger partial charge in [0.05, 0.1) is 17.6 Å². The molecular weight excluding hydrogens is 274 g/mol. The van der Waals surface area contributed by atoms with Crippen molar-refractivity contribution in [3.63, 3.8) is 0 Å². The second-order valence-corrected chi connectivity index (χ2v) is 4.45. The molecule has 0 spiro atoms. The van der Waals surface area contributed by atoms with Gasteiger partial charge in [0.1, 0.15) is 12.4 Å². The number of nitrogens with zero attached hydrogens (tertiary/aromatic N) is 2. The summed E-state index contributed by atoms with van der Waals surface area (Å²) in [4.78, 5) is 4.49. The summed E-state index contributed by atoms with van der Waals surface area (Å²) in [7, 11) is 0. The van der Waals surface area contributed by atoms with Gasteiger partial charge in [-0.25, -0.2) is 13.8 Å². The maximum atomic E-state index is 12.0. The fraction of sp³-hybridized carbons (Fsp3) is 0.462. The third-order valence-corrected chi connectivity index (χ3v) is 2.94. The monoisotopic (exact) mass is 288 g/mol. The van der Waals surface area contributed by atoms with E-state index in [-0.39, 0.29) is 6.61 Å². The average Bonchev–Trinajstić information content (AvgIpc) is 2.73. The number of rotatable bonds is 7. The van der Waals surface area contributed by atoms with Crippen LogP contribution in [0.15, 0.2) is 24.3 Å². The highest BCUT2D eigenvalue weighted by Gasteiger charge is 2.10. The molecule has 2 rings (SSSR count). The van der Waals surface area contributed by atoms with Gasteiger partial charge in [-0.1, -0.05) is 12.1 Å². The number of aryl methyl sites for hydroxylation is 1. The van der Waals surface area contributed by atoms with Gasteiger partial charge in [-0.3, -0.25) is 0 Å². The highest BCUT2D eigenvalue weighted by Crippen LogP contribution is 2.16. The van der Waals surface area contributed by atoms with Crippen LogP contribution in [-0.4, -0.2) is 35.1 Å². The standard InChI is InChI=1S/C13H15ClF2N2O/c14-6-5-13-17-10-3-1-2-4-11(10)18(13)7-8-19-9-12(15)16/h1-4,12H,5-9H2. The number of fused-ring (bicyclic) bond motifs is 1. The van der Waals surface area contributed by atoms with Crippen LogP contribution in [0.25, 0.3) is 11.0 Å². The van der Waals surface area contributed by atoms with E-state index in [0.717, 1.165) is 16.9 Å². The SMILES string of the molecule is FC(F)COCCn1c(CCCl)nc2ccccc21. The zero-order valence-electron chi connectivity index (χ0n) is 10.4. The van der Waals surface area contributed by atoms with E-state index in [0.29, 0.717) is 18.8 Å². The molecule has 2 aromatic rings. The quantitative estimate of drug-likeness (QED) is 0.578. The fourth-order valence-corrected chi connectivity index (χ4v) is 2.15. The first-order valence-electron chi connectivity index (χ1n) is 6.08. The molecule has 3 nitrogen and oxygen atoms in total. The Morgan fingerprint density at radius 1 is 1.32 bits per heavy atom. The van der Waals surface area contributed by atoms with Gasteiger partial charge in [0.15, 0.2) is 0 Å². The molecule has 0 aliphatic carbocycles. The summed E-state index contributed by atoms with van der Waals surface area (Å²) in [5.74, 6) is 1.33. The second kappa shape index (κ2) is 6.82. The molecule has 104 valence electrons. The van der Waals surface area contributed by atoms with Gasteiger partial charge in [-0.15, -0.1) is 11.6 Å². The van der Waals surface area contributed by atoms with Gasteiger partial charge < -0.3 is 9.30 Å². The predicted octanol–water partition coefficient (Wildman–Crippen LogP) is 3.10. The Hall–Kier alpha value is -1.20. The summed E-state index contributed by atoms with van der Waals surface area (Å²) in [6, 6.07) is 7.71.